The topological polar surface area (TPSA) is 78.9 Å². The second-order valence-corrected chi connectivity index (χ2v) is 8.84. The number of carbonyl (C=O) groups excluding carboxylic acids is 1. The minimum absolute atomic E-state index is 0.352. The van der Waals surface area contributed by atoms with E-state index in [9.17, 15) is 23.5 Å². The molecule has 0 aromatic heterocycles. The molecule has 1 atom stereocenters. The largest absolute Gasteiger partial charge is 0.494 e. The number of nitrogens with zero attached hydrogens (tertiary/aromatic N) is 1. The number of alkyl halides is 2. The molecule has 0 bridgehead atoms. The number of halogens is 2. The van der Waals surface area contributed by atoms with Crippen LogP contribution < -0.4 is 10.1 Å². The molecule has 2 N–H and O–H groups in total. The van der Waals surface area contributed by atoms with Crippen molar-refractivity contribution in [3.05, 3.63) is 65.7 Å². The second kappa shape index (κ2) is 10.8. The fraction of sp³-hybridized carbons (Fsp3) is 0.462. The number of carboxylic acids is 1. The molecule has 2 aromatic carbocycles. The Morgan fingerprint density at radius 3 is 2.44 bits per heavy atom. The van der Waals surface area contributed by atoms with Crippen molar-refractivity contribution in [3.8, 4) is 5.75 Å². The zero-order chi connectivity index (χ0) is 24.8. The molecule has 1 saturated carbocycles. The van der Waals surface area contributed by atoms with E-state index in [0.29, 0.717) is 25.3 Å². The van der Waals surface area contributed by atoms with E-state index in [0.717, 1.165) is 18.4 Å². The van der Waals surface area contributed by atoms with E-state index in [1.165, 1.54) is 10.5 Å². The number of nitrogens with one attached hydrogen (secondary N) is 1. The number of carboxylic acid groups (broad SMARTS) is 1. The third-order valence-corrected chi connectivity index (χ3v) is 6.21. The lowest BCUT2D eigenvalue weighted by Crippen LogP contribution is -2.68. The van der Waals surface area contributed by atoms with Gasteiger partial charge in [-0.2, -0.15) is 0 Å². The average Bonchev–Trinajstić information content (AvgIpc) is 2.78. The molecule has 34 heavy (non-hydrogen) atoms. The first-order valence-corrected chi connectivity index (χ1v) is 11.6. The van der Waals surface area contributed by atoms with Crippen LogP contribution in [0.15, 0.2) is 54.6 Å². The summed E-state index contributed by atoms with van der Waals surface area (Å²) in [7, 11) is 0. The van der Waals surface area contributed by atoms with Crippen molar-refractivity contribution >= 4 is 12.0 Å². The smallest absolute Gasteiger partial charge is 0.329 e. The molecule has 0 aliphatic heterocycles. The number of urea groups is 1. The van der Waals surface area contributed by atoms with E-state index < -0.39 is 42.3 Å². The lowest BCUT2D eigenvalue weighted by Gasteiger charge is -2.45. The molecule has 6 nitrogen and oxygen atoms in total. The number of carbonyl (C=O) groups is 2. The Morgan fingerprint density at radius 2 is 1.82 bits per heavy atom. The number of aliphatic carboxylic acids is 1. The van der Waals surface area contributed by atoms with Gasteiger partial charge in [-0.15, -0.1) is 0 Å². The van der Waals surface area contributed by atoms with Crippen molar-refractivity contribution in [2.45, 2.75) is 63.5 Å². The Kier molecular flexibility index (Phi) is 8.12. The summed E-state index contributed by atoms with van der Waals surface area (Å²) in [5, 5.41) is 12.0. The Hall–Kier alpha value is -3.16. The van der Waals surface area contributed by atoms with Gasteiger partial charge in [0.15, 0.2) is 5.54 Å². The molecule has 2 amide bonds. The quantitative estimate of drug-likeness (QED) is 0.426. The summed E-state index contributed by atoms with van der Waals surface area (Å²) in [5.41, 5.74) is 0.0560. The Morgan fingerprint density at radius 1 is 1.12 bits per heavy atom. The summed E-state index contributed by atoms with van der Waals surface area (Å²) in [6, 6.07) is 16.3. The van der Waals surface area contributed by atoms with Crippen LogP contribution in [0.2, 0.25) is 0 Å². The van der Waals surface area contributed by atoms with Gasteiger partial charge < -0.3 is 20.1 Å². The van der Waals surface area contributed by atoms with Crippen molar-refractivity contribution in [2.75, 3.05) is 13.2 Å². The highest BCUT2D eigenvalue weighted by Crippen LogP contribution is 2.46. The lowest BCUT2D eigenvalue weighted by atomic mass is 9.73. The van der Waals surface area contributed by atoms with E-state index in [2.05, 4.69) is 5.32 Å². The van der Waals surface area contributed by atoms with Crippen LogP contribution in [-0.2, 0) is 11.2 Å². The van der Waals surface area contributed by atoms with Gasteiger partial charge in [0, 0.05) is 19.4 Å². The van der Waals surface area contributed by atoms with Gasteiger partial charge in [0.05, 0.1) is 12.6 Å². The van der Waals surface area contributed by atoms with Crippen LogP contribution >= 0.6 is 0 Å². The van der Waals surface area contributed by atoms with Crippen molar-refractivity contribution in [2.24, 2.45) is 0 Å². The molecule has 2 aromatic rings. The van der Waals surface area contributed by atoms with Crippen LogP contribution in [0.3, 0.4) is 0 Å². The third-order valence-electron chi connectivity index (χ3n) is 6.21. The molecular weight excluding hydrogens is 442 g/mol. The van der Waals surface area contributed by atoms with Crippen molar-refractivity contribution < 1.29 is 28.2 Å². The first kappa shape index (κ1) is 25.5. The number of amides is 2. The number of rotatable bonds is 11. The maximum atomic E-state index is 13.6. The molecule has 8 heteroatoms. The van der Waals surface area contributed by atoms with Gasteiger partial charge in [-0.05, 0) is 56.4 Å². The highest BCUT2D eigenvalue weighted by Gasteiger charge is 2.62. The van der Waals surface area contributed by atoms with Gasteiger partial charge in [-0.1, -0.05) is 42.5 Å². The van der Waals surface area contributed by atoms with Crippen LogP contribution in [0.1, 0.15) is 56.7 Å². The number of hydrogen-bond acceptors (Lipinski definition) is 3. The Bertz CT molecular complexity index is 976. The maximum Gasteiger partial charge on any atom is 0.329 e. The summed E-state index contributed by atoms with van der Waals surface area (Å²) in [4.78, 5) is 26.5. The highest BCUT2D eigenvalue weighted by atomic mass is 19.3. The summed E-state index contributed by atoms with van der Waals surface area (Å²) in [6.45, 7) is 4.56. The molecular formula is C26H32F2N2O4. The monoisotopic (exact) mass is 474 g/mol. The molecule has 3 rings (SSSR count). The van der Waals surface area contributed by atoms with E-state index in [1.54, 1.807) is 0 Å². The molecule has 0 spiro atoms. The van der Waals surface area contributed by atoms with Gasteiger partial charge >= 0.3 is 12.0 Å². The minimum atomic E-state index is -3.09. The third kappa shape index (κ3) is 6.24. The number of unbranched alkanes of at least 4 members (excludes halogenated alkanes) is 1. The zero-order valence-corrected chi connectivity index (χ0v) is 19.6. The van der Waals surface area contributed by atoms with Crippen LogP contribution in [0.25, 0.3) is 0 Å². The Labute approximate surface area is 198 Å². The van der Waals surface area contributed by atoms with E-state index in [-0.39, 0.29) is 0 Å². The average molecular weight is 475 g/mol. The Balaban J connectivity index is 1.74. The number of aryl methyl sites for hydroxylation is 1. The van der Waals surface area contributed by atoms with E-state index in [4.69, 9.17) is 4.74 Å². The first-order valence-electron chi connectivity index (χ1n) is 11.6. The van der Waals surface area contributed by atoms with E-state index in [1.807, 2.05) is 68.4 Å². The number of hydrogen-bond donors (Lipinski definition) is 2. The van der Waals surface area contributed by atoms with E-state index >= 15 is 0 Å². The van der Waals surface area contributed by atoms with Gasteiger partial charge in [0.2, 0.25) is 0 Å². The predicted molar refractivity (Wildman–Crippen MR) is 125 cm³/mol. The van der Waals surface area contributed by atoms with Crippen molar-refractivity contribution in [3.63, 3.8) is 0 Å². The van der Waals surface area contributed by atoms with Crippen molar-refractivity contribution in [1.29, 1.82) is 0 Å². The maximum absolute atomic E-state index is 13.6. The predicted octanol–water partition coefficient (Wildman–Crippen LogP) is 5.43. The van der Waals surface area contributed by atoms with Crippen LogP contribution in [0, 0.1) is 0 Å². The number of ether oxygens (including phenoxy) is 1. The van der Waals surface area contributed by atoms with Gasteiger partial charge in [-0.25, -0.2) is 18.4 Å². The SMILES string of the molecule is CCOc1cccc(C(C)N(CCCCc2ccccc2)C(=O)NC2(C(=O)O)CC(F)(F)C2)c1. The van der Waals surface area contributed by atoms with Crippen LogP contribution in [-0.4, -0.2) is 46.6 Å². The molecule has 0 heterocycles. The summed E-state index contributed by atoms with van der Waals surface area (Å²) in [5.74, 6) is -3.87. The number of benzene rings is 2. The normalized spacial score (nSPS) is 16.7. The van der Waals surface area contributed by atoms with Crippen LogP contribution in [0.4, 0.5) is 13.6 Å². The molecule has 1 aliphatic carbocycles. The van der Waals surface area contributed by atoms with Crippen LogP contribution in [0.5, 0.6) is 5.75 Å². The first-order chi connectivity index (χ1) is 16.2. The van der Waals surface area contributed by atoms with Gasteiger partial charge in [0.25, 0.3) is 5.92 Å². The highest BCUT2D eigenvalue weighted by molar-refractivity contribution is 5.88. The molecule has 1 unspecified atom stereocenters. The summed E-state index contributed by atoms with van der Waals surface area (Å²) < 4.78 is 32.7. The fourth-order valence-corrected chi connectivity index (χ4v) is 4.34. The molecule has 1 aliphatic rings. The molecule has 1 fully saturated rings. The standard InChI is InChI=1S/C26H32F2N2O4/c1-3-34-22-14-9-13-21(16-22)19(2)30(15-8-7-12-20-10-5-4-6-11-20)24(33)29-25(23(31)32)17-26(27,28)18-25/h4-6,9-11,13-14,16,19H,3,7-8,12,15,17-18H2,1-2H3,(H,29,33)(H,31,32). The molecule has 0 saturated heterocycles. The minimum Gasteiger partial charge on any atom is -0.494 e. The molecule has 184 valence electrons. The molecule has 0 radical (unpaired) electrons. The fourth-order valence-electron chi connectivity index (χ4n) is 4.34. The lowest BCUT2D eigenvalue weighted by molar-refractivity contribution is -0.175. The summed E-state index contributed by atoms with van der Waals surface area (Å²) >= 11 is 0. The second-order valence-electron chi connectivity index (χ2n) is 8.84. The van der Waals surface area contributed by atoms with Gasteiger partial charge in [-0.3, -0.25) is 0 Å². The summed E-state index contributed by atoms with van der Waals surface area (Å²) in [6.07, 6.45) is 0.528. The van der Waals surface area contributed by atoms with Crippen molar-refractivity contribution in [1.82, 2.24) is 10.2 Å². The van der Waals surface area contributed by atoms with Gasteiger partial charge in [0.1, 0.15) is 5.75 Å². The zero-order valence-electron chi connectivity index (χ0n) is 19.6.